The van der Waals surface area contributed by atoms with E-state index >= 15 is 0 Å². The van der Waals surface area contributed by atoms with Gasteiger partial charge in [-0.15, -0.1) is 0 Å². The van der Waals surface area contributed by atoms with Crippen molar-refractivity contribution in [2.75, 3.05) is 11.9 Å². The molecule has 0 atom stereocenters. The van der Waals surface area contributed by atoms with Gasteiger partial charge in [0.1, 0.15) is 0 Å². The van der Waals surface area contributed by atoms with Crippen molar-refractivity contribution in [2.45, 2.75) is 27.2 Å². The van der Waals surface area contributed by atoms with Crippen molar-refractivity contribution in [3.63, 3.8) is 0 Å². The molecule has 0 unspecified atom stereocenters. The summed E-state index contributed by atoms with van der Waals surface area (Å²) in [5, 5.41) is 7.38. The molecule has 0 spiro atoms. The summed E-state index contributed by atoms with van der Waals surface area (Å²) in [4.78, 5) is 24.3. The van der Waals surface area contributed by atoms with Gasteiger partial charge in [-0.25, -0.2) is 9.97 Å². The average molecular weight is 399 g/mol. The standard InChI is InChI=1S/C24H25N5O/c1-15-10-16(2)22(17(3)11-15)29-24-27-13-19(14-28-24)23(30)25-9-8-18-12-26-21-7-5-4-6-20(18)21/h4-7,10-14,26H,8-9H2,1-3H3,(H,25,30)(H,27,28,29). The van der Waals surface area contributed by atoms with Gasteiger partial charge in [0.25, 0.3) is 5.91 Å². The van der Waals surface area contributed by atoms with Crippen LogP contribution < -0.4 is 10.6 Å². The van der Waals surface area contributed by atoms with Gasteiger partial charge in [0, 0.05) is 41.7 Å². The number of carbonyl (C=O) groups is 1. The third kappa shape index (κ3) is 4.17. The molecule has 0 bridgehead atoms. The second kappa shape index (κ2) is 8.37. The van der Waals surface area contributed by atoms with E-state index in [0.29, 0.717) is 18.1 Å². The molecule has 6 heteroatoms. The van der Waals surface area contributed by atoms with Gasteiger partial charge in [-0.05, 0) is 49.9 Å². The number of para-hydroxylation sites is 1. The summed E-state index contributed by atoms with van der Waals surface area (Å²) in [6.45, 7) is 6.73. The molecule has 1 amide bonds. The number of rotatable bonds is 6. The molecule has 4 aromatic rings. The highest BCUT2D eigenvalue weighted by molar-refractivity contribution is 5.93. The van der Waals surface area contributed by atoms with Crippen molar-refractivity contribution in [1.82, 2.24) is 20.3 Å². The summed E-state index contributed by atoms with van der Waals surface area (Å²) in [6.07, 6.45) is 5.85. The van der Waals surface area contributed by atoms with Gasteiger partial charge in [-0.1, -0.05) is 35.9 Å². The number of H-pyrrole nitrogens is 1. The normalized spacial score (nSPS) is 10.9. The number of hydrogen-bond donors (Lipinski definition) is 3. The van der Waals surface area contributed by atoms with Crippen LogP contribution in [0.3, 0.4) is 0 Å². The van der Waals surface area contributed by atoms with E-state index in [1.807, 2.05) is 24.4 Å². The third-order valence-corrected chi connectivity index (χ3v) is 5.18. The Morgan fingerprint density at radius 2 is 1.73 bits per heavy atom. The minimum Gasteiger partial charge on any atom is -0.361 e. The average Bonchev–Trinajstić information content (AvgIpc) is 3.14. The fraction of sp³-hybridized carbons (Fsp3) is 0.208. The fourth-order valence-corrected chi connectivity index (χ4v) is 3.75. The van der Waals surface area contributed by atoms with Crippen molar-refractivity contribution in [3.8, 4) is 0 Å². The van der Waals surface area contributed by atoms with Crippen LogP contribution in [-0.2, 0) is 6.42 Å². The Labute approximate surface area is 175 Å². The molecule has 152 valence electrons. The number of hydrogen-bond acceptors (Lipinski definition) is 4. The molecule has 0 aliphatic heterocycles. The molecular formula is C24H25N5O. The van der Waals surface area contributed by atoms with Crippen molar-refractivity contribution >= 4 is 28.4 Å². The summed E-state index contributed by atoms with van der Waals surface area (Å²) in [6, 6.07) is 12.4. The first kappa shape index (κ1) is 19.6. The third-order valence-electron chi connectivity index (χ3n) is 5.18. The van der Waals surface area contributed by atoms with Crippen LogP contribution in [0.25, 0.3) is 10.9 Å². The maximum atomic E-state index is 12.4. The smallest absolute Gasteiger partial charge is 0.254 e. The molecule has 0 aliphatic rings. The second-order valence-electron chi connectivity index (χ2n) is 7.56. The highest BCUT2D eigenvalue weighted by Gasteiger charge is 2.10. The fourth-order valence-electron chi connectivity index (χ4n) is 3.75. The maximum Gasteiger partial charge on any atom is 0.254 e. The molecule has 4 rings (SSSR count). The zero-order valence-corrected chi connectivity index (χ0v) is 17.4. The predicted octanol–water partition coefficient (Wildman–Crippen LogP) is 4.60. The van der Waals surface area contributed by atoms with Gasteiger partial charge in [0.05, 0.1) is 5.56 Å². The maximum absolute atomic E-state index is 12.4. The Bertz CT molecular complexity index is 1170. The van der Waals surface area contributed by atoms with Crippen LogP contribution in [0.15, 0.2) is 55.0 Å². The van der Waals surface area contributed by atoms with Gasteiger partial charge in [-0.3, -0.25) is 4.79 Å². The molecule has 6 nitrogen and oxygen atoms in total. The molecule has 2 aromatic heterocycles. The summed E-state index contributed by atoms with van der Waals surface area (Å²) in [7, 11) is 0. The topological polar surface area (TPSA) is 82.7 Å². The number of aryl methyl sites for hydroxylation is 3. The lowest BCUT2D eigenvalue weighted by molar-refractivity contribution is 0.0953. The molecule has 0 saturated carbocycles. The molecule has 0 radical (unpaired) electrons. The van der Waals surface area contributed by atoms with E-state index in [4.69, 9.17) is 0 Å². The monoisotopic (exact) mass is 399 g/mol. The largest absolute Gasteiger partial charge is 0.361 e. The van der Waals surface area contributed by atoms with E-state index in [2.05, 4.69) is 64.6 Å². The molecule has 3 N–H and O–H groups in total. The quantitative estimate of drug-likeness (QED) is 0.442. The van der Waals surface area contributed by atoms with E-state index in [1.54, 1.807) is 12.4 Å². The van der Waals surface area contributed by atoms with Crippen molar-refractivity contribution < 1.29 is 4.79 Å². The van der Waals surface area contributed by atoms with Gasteiger partial charge in [0.2, 0.25) is 5.95 Å². The van der Waals surface area contributed by atoms with E-state index in [0.717, 1.165) is 28.8 Å². The van der Waals surface area contributed by atoms with E-state index in [-0.39, 0.29) is 5.91 Å². The lowest BCUT2D eigenvalue weighted by Crippen LogP contribution is -2.26. The van der Waals surface area contributed by atoms with Crippen molar-refractivity contribution in [3.05, 3.63) is 82.8 Å². The van der Waals surface area contributed by atoms with Crippen LogP contribution in [0.1, 0.15) is 32.6 Å². The lowest BCUT2D eigenvalue weighted by atomic mass is 10.1. The summed E-state index contributed by atoms with van der Waals surface area (Å²) in [5.74, 6) is 0.296. The molecule has 30 heavy (non-hydrogen) atoms. The van der Waals surface area contributed by atoms with Crippen LogP contribution in [0, 0.1) is 20.8 Å². The number of benzene rings is 2. The molecule has 0 fully saturated rings. The van der Waals surface area contributed by atoms with Crippen molar-refractivity contribution in [1.29, 1.82) is 0 Å². The predicted molar refractivity (Wildman–Crippen MR) is 120 cm³/mol. The first-order valence-corrected chi connectivity index (χ1v) is 10.0. The van der Waals surface area contributed by atoms with Crippen LogP contribution in [0.2, 0.25) is 0 Å². The van der Waals surface area contributed by atoms with E-state index in [1.165, 1.54) is 16.5 Å². The number of carbonyl (C=O) groups excluding carboxylic acids is 1. The molecule has 0 aliphatic carbocycles. The number of aromatic amines is 1. The highest BCUT2D eigenvalue weighted by Crippen LogP contribution is 2.24. The minimum absolute atomic E-state index is 0.177. The molecular weight excluding hydrogens is 374 g/mol. The second-order valence-corrected chi connectivity index (χ2v) is 7.56. The Hall–Kier alpha value is -3.67. The Balaban J connectivity index is 1.36. The summed E-state index contributed by atoms with van der Waals surface area (Å²) in [5.41, 5.74) is 7.22. The lowest BCUT2D eigenvalue weighted by Gasteiger charge is -2.12. The first-order valence-electron chi connectivity index (χ1n) is 10.0. The number of nitrogens with one attached hydrogen (secondary N) is 3. The van der Waals surface area contributed by atoms with Crippen molar-refractivity contribution in [2.24, 2.45) is 0 Å². The van der Waals surface area contributed by atoms with Gasteiger partial charge in [0.15, 0.2) is 0 Å². The SMILES string of the molecule is Cc1cc(C)c(Nc2ncc(C(=O)NCCc3c[nH]c4ccccc34)cn2)c(C)c1. The molecule has 2 heterocycles. The number of nitrogens with zero attached hydrogens (tertiary/aromatic N) is 2. The zero-order chi connectivity index (χ0) is 21.1. The number of amides is 1. The summed E-state index contributed by atoms with van der Waals surface area (Å²) >= 11 is 0. The summed E-state index contributed by atoms with van der Waals surface area (Å²) < 4.78 is 0. The number of aromatic nitrogens is 3. The molecule has 0 saturated heterocycles. The van der Waals surface area contributed by atoms with E-state index < -0.39 is 0 Å². The van der Waals surface area contributed by atoms with Crippen LogP contribution in [-0.4, -0.2) is 27.4 Å². The zero-order valence-electron chi connectivity index (χ0n) is 17.4. The Kier molecular flexibility index (Phi) is 5.48. The van der Waals surface area contributed by atoms with E-state index in [9.17, 15) is 4.79 Å². The number of fused-ring (bicyclic) bond motifs is 1. The number of anilines is 2. The highest BCUT2D eigenvalue weighted by atomic mass is 16.1. The van der Waals surface area contributed by atoms with Gasteiger partial charge in [-0.2, -0.15) is 0 Å². The van der Waals surface area contributed by atoms with Gasteiger partial charge >= 0.3 is 0 Å². The van der Waals surface area contributed by atoms with Crippen LogP contribution in [0.5, 0.6) is 0 Å². The molecule has 2 aromatic carbocycles. The minimum atomic E-state index is -0.177. The first-order chi connectivity index (χ1) is 14.5. The Morgan fingerprint density at radius 3 is 2.47 bits per heavy atom. The Morgan fingerprint density at radius 1 is 1.03 bits per heavy atom. The van der Waals surface area contributed by atoms with Crippen LogP contribution in [0.4, 0.5) is 11.6 Å². The van der Waals surface area contributed by atoms with Crippen LogP contribution >= 0.6 is 0 Å². The van der Waals surface area contributed by atoms with Gasteiger partial charge < -0.3 is 15.6 Å².